The van der Waals surface area contributed by atoms with Crippen LogP contribution in [0.2, 0.25) is 0 Å². The molecular formula is C16H15FN2O. The molecule has 0 bridgehead atoms. The lowest BCUT2D eigenvalue weighted by molar-refractivity contribution is 0.281. The van der Waals surface area contributed by atoms with Crippen molar-refractivity contribution in [3.05, 3.63) is 54.3 Å². The summed E-state index contributed by atoms with van der Waals surface area (Å²) in [5.74, 6) is 0.461. The van der Waals surface area contributed by atoms with E-state index in [4.69, 9.17) is 5.11 Å². The van der Waals surface area contributed by atoms with E-state index in [0.29, 0.717) is 13.0 Å². The highest BCUT2D eigenvalue weighted by molar-refractivity contribution is 5.80. The van der Waals surface area contributed by atoms with Crippen molar-refractivity contribution in [1.82, 2.24) is 9.55 Å². The first-order valence-corrected chi connectivity index (χ1v) is 6.61. The zero-order valence-corrected chi connectivity index (χ0v) is 11.0. The minimum Gasteiger partial charge on any atom is -0.396 e. The SMILES string of the molecule is OCCCn1c(-c2cccc(F)c2)nc2ccccc21. The molecule has 3 aromatic rings. The molecule has 3 rings (SSSR count). The summed E-state index contributed by atoms with van der Waals surface area (Å²) in [5, 5.41) is 9.05. The van der Waals surface area contributed by atoms with Gasteiger partial charge in [-0.1, -0.05) is 24.3 Å². The van der Waals surface area contributed by atoms with Gasteiger partial charge in [0, 0.05) is 18.7 Å². The first-order chi connectivity index (χ1) is 9.79. The summed E-state index contributed by atoms with van der Waals surface area (Å²) in [6.07, 6.45) is 0.642. The maximum atomic E-state index is 13.4. The molecule has 0 radical (unpaired) electrons. The van der Waals surface area contributed by atoms with E-state index in [-0.39, 0.29) is 12.4 Å². The predicted octanol–water partition coefficient (Wildman–Crippen LogP) is 3.22. The van der Waals surface area contributed by atoms with Gasteiger partial charge in [0.2, 0.25) is 0 Å². The fourth-order valence-electron chi connectivity index (χ4n) is 2.38. The van der Waals surface area contributed by atoms with E-state index in [1.54, 1.807) is 6.07 Å². The van der Waals surface area contributed by atoms with Gasteiger partial charge in [0.1, 0.15) is 11.6 Å². The van der Waals surface area contributed by atoms with Crippen molar-refractivity contribution in [3.63, 3.8) is 0 Å². The number of hydrogen-bond acceptors (Lipinski definition) is 2. The first-order valence-electron chi connectivity index (χ1n) is 6.61. The smallest absolute Gasteiger partial charge is 0.141 e. The van der Waals surface area contributed by atoms with Crippen molar-refractivity contribution >= 4 is 11.0 Å². The van der Waals surface area contributed by atoms with E-state index in [0.717, 1.165) is 22.4 Å². The number of aryl methyl sites for hydroxylation is 1. The quantitative estimate of drug-likeness (QED) is 0.790. The van der Waals surface area contributed by atoms with Crippen LogP contribution in [-0.4, -0.2) is 21.3 Å². The molecule has 2 aromatic carbocycles. The molecule has 0 aliphatic heterocycles. The van der Waals surface area contributed by atoms with Gasteiger partial charge >= 0.3 is 0 Å². The van der Waals surface area contributed by atoms with Crippen LogP contribution in [0.25, 0.3) is 22.4 Å². The van der Waals surface area contributed by atoms with Crippen LogP contribution >= 0.6 is 0 Å². The van der Waals surface area contributed by atoms with Crippen molar-refractivity contribution in [3.8, 4) is 11.4 Å². The summed E-state index contributed by atoms with van der Waals surface area (Å²) < 4.78 is 15.4. The third-order valence-electron chi connectivity index (χ3n) is 3.28. The number of imidazole rings is 1. The number of para-hydroxylation sites is 2. The standard InChI is InChI=1S/C16H15FN2O/c17-13-6-3-5-12(11-13)16-18-14-7-1-2-8-15(14)19(16)9-4-10-20/h1-3,5-8,11,20H,4,9-10H2. The number of halogens is 1. The maximum Gasteiger partial charge on any atom is 0.141 e. The average Bonchev–Trinajstić information content (AvgIpc) is 2.84. The third kappa shape index (κ3) is 2.30. The van der Waals surface area contributed by atoms with Crippen molar-refractivity contribution in [1.29, 1.82) is 0 Å². The Kier molecular flexibility index (Phi) is 3.48. The Morgan fingerprint density at radius 1 is 1.10 bits per heavy atom. The molecule has 20 heavy (non-hydrogen) atoms. The maximum absolute atomic E-state index is 13.4. The van der Waals surface area contributed by atoms with Crippen LogP contribution in [-0.2, 0) is 6.54 Å². The number of rotatable bonds is 4. The zero-order chi connectivity index (χ0) is 13.9. The molecule has 0 aliphatic rings. The molecule has 1 N–H and O–H groups in total. The van der Waals surface area contributed by atoms with E-state index in [1.807, 2.05) is 34.9 Å². The number of aliphatic hydroxyl groups excluding tert-OH is 1. The predicted molar refractivity (Wildman–Crippen MR) is 76.8 cm³/mol. The van der Waals surface area contributed by atoms with Gasteiger partial charge in [0.25, 0.3) is 0 Å². The lowest BCUT2D eigenvalue weighted by Crippen LogP contribution is -2.02. The van der Waals surface area contributed by atoms with Gasteiger partial charge in [-0.25, -0.2) is 9.37 Å². The van der Waals surface area contributed by atoms with Gasteiger partial charge in [-0.05, 0) is 30.7 Å². The molecule has 0 atom stereocenters. The van der Waals surface area contributed by atoms with Gasteiger partial charge in [-0.15, -0.1) is 0 Å². The average molecular weight is 270 g/mol. The fourth-order valence-corrected chi connectivity index (χ4v) is 2.38. The molecule has 4 heteroatoms. The molecule has 0 unspecified atom stereocenters. The van der Waals surface area contributed by atoms with Gasteiger partial charge < -0.3 is 9.67 Å². The van der Waals surface area contributed by atoms with E-state index in [2.05, 4.69) is 4.98 Å². The summed E-state index contributed by atoms with van der Waals surface area (Å²) in [7, 11) is 0. The number of benzene rings is 2. The molecule has 3 nitrogen and oxygen atoms in total. The van der Waals surface area contributed by atoms with Crippen molar-refractivity contribution in [2.24, 2.45) is 0 Å². The van der Waals surface area contributed by atoms with E-state index >= 15 is 0 Å². The molecule has 1 aromatic heterocycles. The Bertz CT molecular complexity index is 736. The number of hydrogen-bond donors (Lipinski definition) is 1. The number of aromatic nitrogens is 2. The van der Waals surface area contributed by atoms with Crippen LogP contribution in [0.5, 0.6) is 0 Å². The topological polar surface area (TPSA) is 38.0 Å². The molecule has 0 fully saturated rings. The van der Waals surface area contributed by atoms with Crippen LogP contribution < -0.4 is 0 Å². The number of aliphatic hydroxyl groups is 1. The highest BCUT2D eigenvalue weighted by Gasteiger charge is 2.12. The fraction of sp³-hybridized carbons (Fsp3) is 0.188. The van der Waals surface area contributed by atoms with Crippen molar-refractivity contribution in [2.75, 3.05) is 6.61 Å². The highest BCUT2D eigenvalue weighted by atomic mass is 19.1. The second-order valence-corrected chi connectivity index (χ2v) is 4.66. The molecule has 0 amide bonds. The van der Waals surface area contributed by atoms with Crippen LogP contribution in [0.3, 0.4) is 0 Å². The highest BCUT2D eigenvalue weighted by Crippen LogP contribution is 2.25. The third-order valence-corrected chi connectivity index (χ3v) is 3.28. The summed E-state index contributed by atoms with van der Waals surface area (Å²) >= 11 is 0. The summed E-state index contributed by atoms with van der Waals surface area (Å²) in [5.41, 5.74) is 2.63. The largest absolute Gasteiger partial charge is 0.396 e. The summed E-state index contributed by atoms with van der Waals surface area (Å²) in [4.78, 5) is 4.59. The molecule has 0 saturated heterocycles. The monoisotopic (exact) mass is 270 g/mol. The van der Waals surface area contributed by atoms with E-state index < -0.39 is 0 Å². The van der Waals surface area contributed by atoms with Crippen LogP contribution in [0.15, 0.2) is 48.5 Å². The Hall–Kier alpha value is -2.20. The summed E-state index contributed by atoms with van der Waals surface area (Å²) in [6, 6.07) is 14.2. The van der Waals surface area contributed by atoms with Crippen molar-refractivity contribution < 1.29 is 9.50 Å². The Labute approximate surface area is 116 Å². The summed E-state index contributed by atoms with van der Waals surface area (Å²) in [6.45, 7) is 0.776. The lowest BCUT2D eigenvalue weighted by Gasteiger charge is -2.08. The molecule has 1 heterocycles. The molecule has 0 spiro atoms. The molecule has 0 saturated carbocycles. The molecule has 0 aliphatic carbocycles. The van der Waals surface area contributed by atoms with Gasteiger partial charge in [0.15, 0.2) is 0 Å². The minimum atomic E-state index is -0.275. The van der Waals surface area contributed by atoms with Crippen LogP contribution in [0.4, 0.5) is 4.39 Å². The van der Waals surface area contributed by atoms with Gasteiger partial charge in [0.05, 0.1) is 11.0 Å². The van der Waals surface area contributed by atoms with Gasteiger partial charge in [-0.2, -0.15) is 0 Å². The zero-order valence-electron chi connectivity index (χ0n) is 11.0. The number of nitrogens with zero attached hydrogens (tertiary/aromatic N) is 2. The van der Waals surface area contributed by atoms with Crippen LogP contribution in [0.1, 0.15) is 6.42 Å². The number of fused-ring (bicyclic) bond motifs is 1. The Balaban J connectivity index is 2.18. The van der Waals surface area contributed by atoms with E-state index in [1.165, 1.54) is 12.1 Å². The molecule has 102 valence electrons. The van der Waals surface area contributed by atoms with Crippen molar-refractivity contribution in [2.45, 2.75) is 13.0 Å². The van der Waals surface area contributed by atoms with Crippen LogP contribution in [0, 0.1) is 5.82 Å². The Morgan fingerprint density at radius 2 is 1.95 bits per heavy atom. The van der Waals surface area contributed by atoms with Gasteiger partial charge in [-0.3, -0.25) is 0 Å². The van der Waals surface area contributed by atoms with E-state index in [9.17, 15) is 4.39 Å². The first kappa shape index (κ1) is 12.8. The lowest BCUT2D eigenvalue weighted by atomic mass is 10.2. The minimum absolute atomic E-state index is 0.120. The normalized spacial score (nSPS) is 11.1. The second kappa shape index (κ2) is 5.43. The molecular weight excluding hydrogens is 255 g/mol. The second-order valence-electron chi connectivity index (χ2n) is 4.66. The Morgan fingerprint density at radius 3 is 2.75 bits per heavy atom.